The molecule has 0 radical (unpaired) electrons. The number of quaternary nitrogens is 1. The number of nitrogens with one attached hydrogen (secondary N) is 1. The lowest BCUT2D eigenvalue weighted by Crippen LogP contribution is -2.47. The number of rotatable bonds is 55. The number of phosphoric ester groups is 1. The normalized spacial score (nSPS) is 14.6. The topological polar surface area (TPSA) is 111 Å². The fourth-order valence-corrected chi connectivity index (χ4v) is 9.02. The molecule has 0 spiro atoms. The van der Waals surface area contributed by atoms with Gasteiger partial charge in [0.05, 0.1) is 33.8 Å². The summed E-state index contributed by atoms with van der Waals surface area (Å²) in [6.07, 6.45) is 81.7. The molecule has 0 saturated heterocycles. The largest absolute Gasteiger partial charge is 0.472 e. The van der Waals surface area contributed by atoms with Crippen LogP contribution < -0.4 is 5.32 Å². The quantitative estimate of drug-likeness (QED) is 0.0205. The van der Waals surface area contributed by atoms with Crippen LogP contribution in [0.15, 0.2) is 134 Å². The molecule has 0 saturated carbocycles. The lowest BCUT2D eigenvalue weighted by Gasteiger charge is -2.27. The first kappa shape index (κ1) is 75.2. The maximum atomic E-state index is 13.5. The molecule has 3 atom stereocenters. The third-order valence-electron chi connectivity index (χ3n) is 13.1. The van der Waals surface area contributed by atoms with Crippen molar-refractivity contribution in [2.24, 2.45) is 0 Å². The second-order valence-corrected chi connectivity index (χ2v) is 23.3. The van der Waals surface area contributed by atoms with Crippen LogP contribution in [-0.4, -0.2) is 74.3 Å². The highest BCUT2D eigenvalue weighted by Crippen LogP contribution is 2.43. The lowest BCUT2D eigenvalue weighted by molar-refractivity contribution is -0.870. The fraction of sp³-hybridized carbons (Fsp3) is 0.652. The van der Waals surface area contributed by atoms with Crippen molar-refractivity contribution in [3.63, 3.8) is 0 Å². The van der Waals surface area contributed by atoms with Gasteiger partial charge in [-0.15, -0.1) is 0 Å². The van der Waals surface area contributed by atoms with Gasteiger partial charge in [-0.2, -0.15) is 0 Å². The Hall–Kier alpha value is -3.85. The van der Waals surface area contributed by atoms with Gasteiger partial charge in [0, 0.05) is 12.8 Å². The van der Waals surface area contributed by atoms with Crippen molar-refractivity contribution in [1.82, 2.24) is 5.32 Å². The number of carbonyl (C=O) groups is 2. The molecule has 0 aliphatic rings. The Kier molecular flexibility index (Phi) is 54.6. The number of phosphoric acid groups is 1. The van der Waals surface area contributed by atoms with E-state index in [0.29, 0.717) is 23.9 Å². The van der Waals surface area contributed by atoms with Crippen LogP contribution >= 0.6 is 7.82 Å². The highest BCUT2D eigenvalue weighted by molar-refractivity contribution is 7.47. The average molecular weight is 1120 g/mol. The van der Waals surface area contributed by atoms with Crippen LogP contribution in [0.5, 0.6) is 0 Å². The third-order valence-corrected chi connectivity index (χ3v) is 14.1. The highest BCUT2D eigenvalue weighted by atomic mass is 31.2. The molecule has 0 aromatic carbocycles. The molecule has 79 heavy (non-hydrogen) atoms. The van der Waals surface area contributed by atoms with Gasteiger partial charge in [-0.25, -0.2) is 4.57 Å². The summed E-state index contributed by atoms with van der Waals surface area (Å²) < 4.78 is 30.7. The smallest absolute Gasteiger partial charge is 0.456 e. The zero-order chi connectivity index (χ0) is 57.9. The molecule has 0 aliphatic heterocycles. The first-order chi connectivity index (χ1) is 38.4. The van der Waals surface area contributed by atoms with Gasteiger partial charge in [0.1, 0.15) is 19.3 Å². The van der Waals surface area contributed by atoms with Crippen LogP contribution in [0.1, 0.15) is 239 Å². The van der Waals surface area contributed by atoms with E-state index >= 15 is 0 Å². The molecule has 450 valence electrons. The van der Waals surface area contributed by atoms with Crippen molar-refractivity contribution in [3.05, 3.63) is 134 Å². The highest BCUT2D eigenvalue weighted by Gasteiger charge is 2.30. The summed E-state index contributed by atoms with van der Waals surface area (Å²) in [4.78, 5) is 37.7. The maximum absolute atomic E-state index is 13.5. The molecule has 2 N–H and O–H groups in total. The minimum absolute atomic E-state index is 0.0239. The van der Waals surface area contributed by atoms with Gasteiger partial charge in [0.2, 0.25) is 5.91 Å². The lowest BCUT2D eigenvalue weighted by atomic mass is 10.1. The number of hydrogen-bond donors (Lipinski definition) is 2. The van der Waals surface area contributed by atoms with E-state index < -0.39 is 20.0 Å². The Balaban J connectivity index is 5.28. The maximum Gasteiger partial charge on any atom is 0.472 e. The number of likely N-dealkylation sites (N-methyl/N-ethyl adjacent to an activating group) is 1. The predicted octanol–water partition coefficient (Wildman–Crippen LogP) is 19.7. The SMILES string of the molecule is CC/C=C\C/C=C\C/C=C\C/C=C\C/C=C\CCCCCCCCCC(=O)OC(/C=C/CCCCCCCCCCC)C(COP(=O)(O)OCC[N+](C)(C)C)NC(=O)CCCCC/C=C\C/C=C\C/C=C\C/C=C\C/C=C\CC. The van der Waals surface area contributed by atoms with Gasteiger partial charge in [-0.05, 0) is 122 Å². The van der Waals surface area contributed by atoms with Crippen LogP contribution in [0.3, 0.4) is 0 Å². The van der Waals surface area contributed by atoms with Crippen LogP contribution in [-0.2, 0) is 27.9 Å². The van der Waals surface area contributed by atoms with Gasteiger partial charge in [0.15, 0.2) is 0 Å². The van der Waals surface area contributed by atoms with E-state index in [2.05, 4.69) is 148 Å². The van der Waals surface area contributed by atoms with Crippen LogP contribution in [0, 0.1) is 0 Å². The number of unbranched alkanes of at least 4 members (excludes halogenated alkanes) is 19. The van der Waals surface area contributed by atoms with Crippen molar-refractivity contribution in [2.75, 3.05) is 40.9 Å². The number of allylic oxidation sites excluding steroid dienone is 21. The Morgan fingerprint density at radius 3 is 1.23 bits per heavy atom. The van der Waals surface area contributed by atoms with Crippen molar-refractivity contribution in [1.29, 1.82) is 0 Å². The number of ether oxygens (including phenoxy) is 1. The van der Waals surface area contributed by atoms with Gasteiger partial charge in [-0.3, -0.25) is 18.6 Å². The zero-order valence-corrected chi connectivity index (χ0v) is 52.2. The molecule has 9 nitrogen and oxygen atoms in total. The van der Waals surface area contributed by atoms with Gasteiger partial charge >= 0.3 is 13.8 Å². The molecule has 0 aromatic rings. The monoisotopic (exact) mass is 1120 g/mol. The number of nitrogens with zero attached hydrogens (tertiary/aromatic N) is 1. The van der Waals surface area contributed by atoms with Crippen molar-refractivity contribution in [3.8, 4) is 0 Å². The molecule has 1 amide bonds. The summed E-state index contributed by atoms with van der Waals surface area (Å²) in [5.41, 5.74) is 0. The first-order valence-electron chi connectivity index (χ1n) is 31.5. The second-order valence-electron chi connectivity index (χ2n) is 21.8. The zero-order valence-electron chi connectivity index (χ0n) is 51.3. The van der Waals surface area contributed by atoms with Crippen LogP contribution in [0.2, 0.25) is 0 Å². The molecule has 3 unspecified atom stereocenters. The second kappa shape index (κ2) is 57.4. The molecule has 0 aromatic heterocycles. The minimum Gasteiger partial charge on any atom is -0.456 e. The van der Waals surface area contributed by atoms with Gasteiger partial charge < -0.3 is 19.4 Å². The number of carbonyl (C=O) groups excluding carboxylic acids is 2. The van der Waals surface area contributed by atoms with Gasteiger partial charge in [-0.1, -0.05) is 238 Å². The Morgan fingerprint density at radius 2 is 0.810 bits per heavy atom. The van der Waals surface area contributed by atoms with Gasteiger partial charge in [0.25, 0.3) is 0 Å². The van der Waals surface area contributed by atoms with Crippen LogP contribution in [0.25, 0.3) is 0 Å². The summed E-state index contributed by atoms with van der Waals surface area (Å²) in [5.74, 6) is -0.566. The summed E-state index contributed by atoms with van der Waals surface area (Å²) in [7, 11) is 1.44. The third kappa shape index (κ3) is 58.6. The van der Waals surface area contributed by atoms with E-state index in [0.717, 1.165) is 128 Å². The van der Waals surface area contributed by atoms with E-state index in [1.807, 2.05) is 33.3 Å². The predicted molar refractivity (Wildman–Crippen MR) is 341 cm³/mol. The summed E-state index contributed by atoms with van der Waals surface area (Å²) in [6, 6.07) is -0.880. The minimum atomic E-state index is -4.47. The van der Waals surface area contributed by atoms with Crippen LogP contribution in [0.4, 0.5) is 0 Å². The molecule has 0 rings (SSSR count). The number of esters is 1. The Morgan fingerprint density at radius 1 is 0.456 bits per heavy atom. The molecule has 10 heteroatoms. The number of hydrogen-bond acceptors (Lipinski definition) is 6. The standard InChI is InChI=1S/C69H117N2O7P/c1-7-10-13-16-19-22-25-27-29-31-33-34-35-36-38-40-42-44-47-50-53-56-59-62-69(73)78-67(60-57-54-51-48-45-24-21-18-15-12-9-3)66(65-77-79(74,75)76-64-63-71(4,5)6)70-68(72)61-58-55-52-49-46-43-41-39-37-32-30-28-26-23-20-17-14-11-8-2/h10-11,13-14,19-20,22-23,27-30,33-34,36-39,43,46,57,60,66-67H,7-9,12,15-18,21,24-26,31-32,35,40-42,44-45,47-56,58-59,61-65H2,1-6H3,(H-,70,72,74,75)/p+1/b13-10-,14-11-,22-19-,23-20-,29-27-,30-28-,34-33-,38-36-,39-37-,46-43-,60-57+. The first-order valence-corrected chi connectivity index (χ1v) is 33.0. The van der Waals surface area contributed by atoms with E-state index in [-0.39, 0.29) is 37.9 Å². The van der Waals surface area contributed by atoms with Crippen molar-refractivity contribution >= 4 is 19.7 Å². The van der Waals surface area contributed by atoms with Crippen molar-refractivity contribution in [2.45, 2.75) is 251 Å². The van der Waals surface area contributed by atoms with E-state index in [1.165, 1.54) is 64.2 Å². The fourth-order valence-electron chi connectivity index (χ4n) is 8.29. The Labute approximate surface area is 485 Å². The van der Waals surface area contributed by atoms with E-state index in [9.17, 15) is 19.0 Å². The van der Waals surface area contributed by atoms with Crippen molar-refractivity contribution < 1.29 is 37.3 Å². The number of amides is 1. The Bertz CT molecular complexity index is 1810. The summed E-state index contributed by atoms with van der Waals surface area (Å²) in [5, 5.41) is 3.03. The molecule has 0 aliphatic carbocycles. The van der Waals surface area contributed by atoms with E-state index in [1.54, 1.807) is 0 Å². The average Bonchev–Trinajstić information content (AvgIpc) is 3.41. The van der Waals surface area contributed by atoms with E-state index in [4.69, 9.17) is 13.8 Å². The molecule has 0 heterocycles. The summed E-state index contributed by atoms with van der Waals surface area (Å²) >= 11 is 0. The summed E-state index contributed by atoms with van der Waals surface area (Å²) in [6.45, 7) is 6.73. The molecular weight excluding hydrogens is 1000 g/mol. The molecule has 0 fully saturated rings. The molecular formula is C69H118N2O7P+. The molecule has 0 bridgehead atoms.